The van der Waals surface area contributed by atoms with Crippen LogP contribution in [0.5, 0.6) is 0 Å². The molecule has 0 spiro atoms. The fourth-order valence-electron chi connectivity index (χ4n) is 1.34. The topological polar surface area (TPSA) is 69.6 Å². The van der Waals surface area contributed by atoms with Crippen LogP contribution in [0.4, 0.5) is 0 Å². The van der Waals surface area contributed by atoms with Crippen molar-refractivity contribution in [3.63, 3.8) is 0 Å². The number of hydrogen-bond donors (Lipinski definition) is 1. The summed E-state index contributed by atoms with van der Waals surface area (Å²) >= 11 is 8.88. The lowest BCUT2D eigenvalue weighted by molar-refractivity contribution is 0.627. The van der Waals surface area contributed by atoms with Gasteiger partial charge >= 0.3 is 0 Å². The minimum absolute atomic E-state index is 0.570. The van der Waals surface area contributed by atoms with E-state index in [1.165, 1.54) is 11.3 Å². The number of rotatable bonds is 5. The molecule has 0 aliphatic carbocycles. The highest BCUT2D eigenvalue weighted by molar-refractivity contribution is 7.98. The number of aromatic nitrogens is 4. The number of nitrogens with zero attached hydrogens (tertiary/aromatic N) is 4. The summed E-state index contributed by atoms with van der Waals surface area (Å²) < 4.78 is 2.59. The van der Waals surface area contributed by atoms with E-state index in [0.29, 0.717) is 11.0 Å². The van der Waals surface area contributed by atoms with Crippen molar-refractivity contribution in [2.24, 2.45) is 5.73 Å². The predicted octanol–water partition coefficient (Wildman–Crippen LogP) is 1.95. The van der Waals surface area contributed by atoms with Crippen molar-refractivity contribution in [3.05, 3.63) is 21.4 Å². The Hall–Kier alpha value is -0.630. The van der Waals surface area contributed by atoms with Gasteiger partial charge in [-0.05, 0) is 6.92 Å². The van der Waals surface area contributed by atoms with E-state index in [9.17, 15) is 0 Å². The molecular formula is C9H12ClN5S2. The summed E-state index contributed by atoms with van der Waals surface area (Å²) in [5.74, 6) is 1.69. The molecule has 2 heterocycles. The molecule has 2 N–H and O–H groups in total. The number of halogens is 1. The van der Waals surface area contributed by atoms with Crippen LogP contribution in [-0.2, 0) is 12.3 Å². The first-order chi connectivity index (χ1) is 8.20. The predicted molar refractivity (Wildman–Crippen MR) is 70.5 cm³/mol. The maximum Gasteiger partial charge on any atom is 0.191 e. The van der Waals surface area contributed by atoms with Crippen LogP contribution in [-0.4, -0.2) is 26.3 Å². The molecule has 0 aromatic carbocycles. The molecular weight excluding hydrogens is 278 g/mol. The van der Waals surface area contributed by atoms with Crippen LogP contribution in [0.2, 0.25) is 4.47 Å². The molecule has 5 nitrogen and oxygen atoms in total. The molecule has 2 aromatic heterocycles. The van der Waals surface area contributed by atoms with Gasteiger partial charge in [0.2, 0.25) is 0 Å². The van der Waals surface area contributed by atoms with Crippen molar-refractivity contribution >= 4 is 34.7 Å². The van der Waals surface area contributed by atoms with Gasteiger partial charge in [0.05, 0.1) is 0 Å². The van der Waals surface area contributed by atoms with E-state index in [1.54, 1.807) is 18.0 Å². The van der Waals surface area contributed by atoms with E-state index in [2.05, 4.69) is 15.2 Å². The second kappa shape index (κ2) is 5.81. The SMILES string of the molecule is Cc1nnc(SCc2cnc(Cl)s2)n1CCN. The average Bonchev–Trinajstić information content (AvgIpc) is 2.86. The van der Waals surface area contributed by atoms with Crippen molar-refractivity contribution in [2.75, 3.05) is 6.54 Å². The number of thioether (sulfide) groups is 1. The zero-order chi connectivity index (χ0) is 12.3. The van der Waals surface area contributed by atoms with Crippen LogP contribution < -0.4 is 5.73 Å². The van der Waals surface area contributed by atoms with Gasteiger partial charge < -0.3 is 10.3 Å². The highest BCUT2D eigenvalue weighted by atomic mass is 35.5. The fraction of sp³-hybridized carbons (Fsp3) is 0.444. The van der Waals surface area contributed by atoms with Gasteiger partial charge in [-0.25, -0.2) is 4.98 Å². The second-order valence-corrected chi connectivity index (χ2v) is 5.98. The third kappa shape index (κ3) is 3.19. The first kappa shape index (κ1) is 12.8. The number of aryl methyl sites for hydroxylation is 1. The molecule has 17 heavy (non-hydrogen) atoms. The lowest BCUT2D eigenvalue weighted by Crippen LogP contribution is -2.12. The highest BCUT2D eigenvalue weighted by Crippen LogP contribution is 2.26. The number of hydrogen-bond acceptors (Lipinski definition) is 6. The summed E-state index contributed by atoms with van der Waals surface area (Å²) in [5.41, 5.74) is 5.56. The zero-order valence-electron chi connectivity index (χ0n) is 9.26. The van der Waals surface area contributed by atoms with Gasteiger partial charge in [0.1, 0.15) is 5.82 Å². The third-order valence-electron chi connectivity index (χ3n) is 2.12. The standard InChI is InChI=1S/C9H12ClN5S2/c1-6-13-14-9(15(6)3-2-11)16-5-7-4-12-8(10)17-7/h4H,2-3,5,11H2,1H3. The van der Waals surface area contributed by atoms with Crippen molar-refractivity contribution in [1.82, 2.24) is 19.7 Å². The first-order valence-electron chi connectivity index (χ1n) is 5.03. The summed E-state index contributed by atoms with van der Waals surface area (Å²) in [5, 5.41) is 9.07. The van der Waals surface area contributed by atoms with E-state index >= 15 is 0 Å². The van der Waals surface area contributed by atoms with Crippen LogP contribution in [0.15, 0.2) is 11.4 Å². The first-order valence-corrected chi connectivity index (χ1v) is 7.21. The maximum absolute atomic E-state index is 5.78. The Morgan fingerprint density at radius 1 is 1.53 bits per heavy atom. The summed E-state index contributed by atoms with van der Waals surface area (Å²) in [6, 6.07) is 0. The Balaban J connectivity index is 2.03. The lowest BCUT2D eigenvalue weighted by Gasteiger charge is -2.05. The molecule has 0 radical (unpaired) electrons. The van der Waals surface area contributed by atoms with E-state index < -0.39 is 0 Å². The van der Waals surface area contributed by atoms with Crippen LogP contribution in [0.25, 0.3) is 0 Å². The van der Waals surface area contributed by atoms with Crippen molar-refractivity contribution < 1.29 is 0 Å². The van der Waals surface area contributed by atoms with E-state index in [4.69, 9.17) is 17.3 Å². The Kier molecular flexibility index (Phi) is 4.38. The molecule has 8 heteroatoms. The lowest BCUT2D eigenvalue weighted by atomic mass is 10.6. The van der Waals surface area contributed by atoms with Crippen LogP contribution in [0.3, 0.4) is 0 Å². The smallest absolute Gasteiger partial charge is 0.191 e. The second-order valence-electron chi connectivity index (χ2n) is 3.34. The van der Waals surface area contributed by atoms with E-state index in [1.807, 2.05) is 11.5 Å². The quantitative estimate of drug-likeness (QED) is 0.852. The minimum Gasteiger partial charge on any atom is -0.329 e. The van der Waals surface area contributed by atoms with Gasteiger partial charge in [0.25, 0.3) is 0 Å². The van der Waals surface area contributed by atoms with Crippen molar-refractivity contribution in [1.29, 1.82) is 0 Å². The van der Waals surface area contributed by atoms with Gasteiger partial charge in [-0.2, -0.15) is 0 Å². The van der Waals surface area contributed by atoms with Gasteiger partial charge in [-0.15, -0.1) is 21.5 Å². The summed E-state index contributed by atoms with van der Waals surface area (Å²) in [7, 11) is 0. The molecule has 92 valence electrons. The summed E-state index contributed by atoms with van der Waals surface area (Å²) in [4.78, 5) is 5.13. The maximum atomic E-state index is 5.78. The molecule has 0 fully saturated rings. The molecule has 0 atom stereocenters. The Bertz CT molecular complexity index is 495. The molecule has 0 aliphatic rings. The normalized spacial score (nSPS) is 11.0. The molecule has 2 aromatic rings. The monoisotopic (exact) mass is 289 g/mol. The fourth-order valence-corrected chi connectivity index (χ4v) is 3.35. The highest BCUT2D eigenvalue weighted by Gasteiger charge is 2.09. The van der Waals surface area contributed by atoms with E-state index in [0.717, 1.165) is 28.2 Å². The molecule has 0 aliphatic heterocycles. The molecule has 0 amide bonds. The average molecular weight is 290 g/mol. The van der Waals surface area contributed by atoms with Crippen molar-refractivity contribution in [2.45, 2.75) is 24.4 Å². The zero-order valence-corrected chi connectivity index (χ0v) is 11.6. The Morgan fingerprint density at radius 2 is 2.35 bits per heavy atom. The van der Waals surface area contributed by atoms with Crippen LogP contribution >= 0.6 is 34.7 Å². The Morgan fingerprint density at radius 3 is 3.00 bits per heavy atom. The molecule has 0 bridgehead atoms. The van der Waals surface area contributed by atoms with Crippen LogP contribution in [0, 0.1) is 6.92 Å². The van der Waals surface area contributed by atoms with Gasteiger partial charge in [-0.1, -0.05) is 23.4 Å². The summed E-state index contributed by atoms with van der Waals surface area (Å²) in [6.45, 7) is 3.25. The van der Waals surface area contributed by atoms with Gasteiger partial charge in [0.15, 0.2) is 9.62 Å². The van der Waals surface area contributed by atoms with E-state index in [-0.39, 0.29) is 0 Å². The summed E-state index contributed by atoms with van der Waals surface area (Å²) in [6.07, 6.45) is 1.79. The van der Waals surface area contributed by atoms with Crippen LogP contribution in [0.1, 0.15) is 10.7 Å². The Labute approximate surface area is 112 Å². The largest absolute Gasteiger partial charge is 0.329 e. The van der Waals surface area contributed by atoms with Gasteiger partial charge in [0, 0.05) is 29.9 Å². The molecule has 0 saturated heterocycles. The number of nitrogens with two attached hydrogens (primary N) is 1. The number of thiazole rings is 1. The minimum atomic E-state index is 0.570. The molecule has 0 unspecified atom stereocenters. The van der Waals surface area contributed by atoms with Crippen molar-refractivity contribution in [3.8, 4) is 0 Å². The molecule has 2 rings (SSSR count). The van der Waals surface area contributed by atoms with Gasteiger partial charge in [-0.3, -0.25) is 0 Å². The molecule has 0 saturated carbocycles. The third-order valence-corrected chi connectivity index (χ3v) is 4.44.